The molecule has 0 aliphatic carbocycles. The van der Waals surface area contributed by atoms with Gasteiger partial charge in [-0.2, -0.15) is 0 Å². The third-order valence-electron chi connectivity index (χ3n) is 4.14. The van der Waals surface area contributed by atoms with Crippen LogP contribution in [0.15, 0.2) is 28.9 Å². The smallest absolute Gasteiger partial charge is 0.322 e. The lowest BCUT2D eigenvalue weighted by molar-refractivity contribution is 0.150. The molecule has 0 unspecified atom stereocenters. The van der Waals surface area contributed by atoms with Crippen molar-refractivity contribution < 1.29 is 9.21 Å². The van der Waals surface area contributed by atoms with E-state index in [1.165, 1.54) is 0 Å². The summed E-state index contributed by atoms with van der Waals surface area (Å²) in [7, 11) is 3.74. The first kappa shape index (κ1) is 16.3. The Kier molecular flexibility index (Phi) is 4.69. The van der Waals surface area contributed by atoms with Crippen LogP contribution in [0.25, 0.3) is 0 Å². The van der Waals surface area contributed by atoms with E-state index in [-0.39, 0.29) is 12.1 Å². The highest BCUT2D eigenvalue weighted by Gasteiger charge is 2.30. The number of piperidine rings is 1. The Morgan fingerprint density at radius 2 is 2.04 bits per heavy atom. The molecule has 1 atom stereocenters. The Labute approximate surface area is 141 Å². The molecule has 0 radical (unpaired) electrons. The van der Waals surface area contributed by atoms with Gasteiger partial charge in [0, 0.05) is 20.6 Å². The maximum absolute atomic E-state index is 12.7. The number of urea groups is 1. The van der Waals surface area contributed by atoms with Crippen molar-refractivity contribution in [3.8, 4) is 0 Å². The number of anilines is 2. The Hall–Kier alpha value is -2.57. The number of nitrogens with one attached hydrogen (secondary N) is 1. The van der Waals surface area contributed by atoms with Gasteiger partial charge in [0.05, 0.1) is 24.1 Å². The molecular weight excluding hydrogens is 306 g/mol. The van der Waals surface area contributed by atoms with Crippen LogP contribution < -0.4 is 10.2 Å². The monoisotopic (exact) mass is 329 g/mol. The molecule has 2 aromatic rings. The lowest BCUT2D eigenvalue weighted by atomic mass is 10.0. The summed E-state index contributed by atoms with van der Waals surface area (Å²) < 4.78 is 5.74. The summed E-state index contributed by atoms with van der Waals surface area (Å²) in [5.41, 5.74) is 0.588. The topological polar surface area (TPSA) is 74.5 Å². The SMILES string of the molecule is Cc1ccc([C@H]2CCCCN2C(=O)Nc2cnc(N(C)C)nc2)o1. The van der Waals surface area contributed by atoms with Crippen molar-refractivity contribution in [2.45, 2.75) is 32.2 Å². The molecule has 0 spiro atoms. The van der Waals surface area contributed by atoms with E-state index in [1.54, 1.807) is 12.4 Å². The van der Waals surface area contributed by atoms with Crippen molar-refractivity contribution in [3.63, 3.8) is 0 Å². The van der Waals surface area contributed by atoms with Gasteiger partial charge >= 0.3 is 6.03 Å². The predicted octanol–water partition coefficient (Wildman–Crippen LogP) is 3.20. The van der Waals surface area contributed by atoms with Crippen LogP contribution in [0.2, 0.25) is 0 Å². The fourth-order valence-corrected chi connectivity index (χ4v) is 2.91. The zero-order valence-corrected chi connectivity index (χ0v) is 14.3. The highest BCUT2D eigenvalue weighted by molar-refractivity contribution is 5.89. The molecule has 1 aliphatic heterocycles. The standard InChI is InChI=1S/C17H23N5O2/c1-12-7-8-15(24-12)14-6-4-5-9-22(14)17(23)20-13-10-18-16(19-11-13)21(2)3/h7-8,10-11,14H,4-6,9H2,1-3H3,(H,20,23)/t14-/m1/s1. The fourth-order valence-electron chi connectivity index (χ4n) is 2.91. The summed E-state index contributed by atoms with van der Waals surface area (Å²) in [5.74, 6) is 2.32. The van der Waals surface area contributed by atoms with Crippen LogP contribution in [0.3, 0.4) is 0 Å². The maximum Gasteiger partial charge on any atom is 0.322 e. The van der Waals surface area contributed by atoms with Crippen LogP contribution in [-0.2, 0) is 0 Å². The minimum atomic E-state index is -0.144. The normalized spacial score (nSPS) is 17.6. The lowest BCUT2D eigenvalue weighted by Crippen LogP contribution is -2.41. The van der Waals surface area contributed by atoms with E-state index in [0.29, 0.717) is 18.2 Å². The number of nitrogens with zero attached hydrogens (tertiary/aromatic N) is 4. The highest BCUT2D eigenvalue weighted by Crippen LogP contribution is 2.32. The Morgan fingerprint density at radius 3 is 2.67 bits per heavy atom. The van der Waals surface area contributed by atoms with Gasteiger partial charge in [-0.3, -0.25) is 0 Å². The van der Waals surface area contributed by atoms with Crippen molar-refractivity contribution in [2.24, 2.45) is 0 Å². The Balaban J connectivity index is 1.72. The van der Waals surface area contributed by atoms with Crippen LogP contribution in [0.4, 0.5) is 16.4 Å². The number of rotatable bonds is 3. The van der Waals surface area contributed by atoms with E-state index in [4.69, 9.17) is 4.42 Å². The number of hydrogen-bond donors (Lipinski definition) is 1. The van der Waals surface area contributed by atoms with E-state index in [1.807, 2.05) is 43.0 Å². The molecule has 0 saturated carbocycles. The molecule has 3 rings (SSSR count). The number of hydrogen-bond acceptors (Lipinski definition) is 5. The summed E-state index contributed by atoms with van der Waals surface area (Å²) in [5, 5.41) is 2.89. The van der Waals surface area contributed by atoms with Crippen molar-refractivity contribution >= 4 is 17.7 Å². The van der Waals surface area contributed by atoms with Crippen LogP contribution >= 0.6 is 0 Å². The van der Waals surface area contributed by atoms with Gasteiger partial charge in [-0.1, -0.05) is 0 Å². The molecule has 7 nitrogen and oxygen atoms in total. The number of aryl methyl sites for hydroxylation is 1. The lowest BCUT2D eigenvalue weighted by Gasteiger charge is -2.34. The van der Waals surface area contributed by atoms with Gasteiger partial charge in [0.15, 0.2) is 0 Å². The quantitative estimate of drug-likeness (QED) is 0.936. The van der Waals surface area contributed by atoms with Crippen molar-refractivity contribution in [2.75, 3.05) is 30.9 Å². The van der Waals surface area contributed by atoms with Gasteiger partial charge in [0.25, 0.3) is 0 Å². The Morgan fingerprint density at radius 1 is 1.29 bits per heavy atom. The van der Waals surface area contributed by atoms with Crippen molar-refractivity contribution in [3.05, 3.63) is 36.0 Å². The second kappa shape index (κ2) is 6.90. The Bertz CT molecular complexity index is 695. The highest BCUT2D eigenvalue weighted by atomic mass is 16.3. The first-order chi connectivity index (χ1) is 11.5. The molecule has 0 bridgehead atoms. The molecule has 0 aromatic carbocycles. The van der Waals surface area contributed by atoms with E-state index in [0.717, 1.165) is 30.8 Å². The van der Waals surface area contributed by atoms with Gasteiger partial charge in [-0.25, -0.2) is 14.8 Å². The van der Waals surface area contributed by atoms with Gasteiger partial charge in [-0.05, 0) is 38.3 Å². The van der Waals surface area contributed by atoms with E-state index < -0.39 is 0 Å². The number of likely N-dealkylation sites (tertiary alicyclic amines) is 1. The van der Waals surface area contributed by atoms with Gasteiger partial charge in [-0.15, -0.1) is 0 Å². The largest absolute Gasteiger partial charge is 0.464 e. The second-order valence-corrected chi connectivity index (χ2v) is 6.25. The zero-order valence-electron chi connectivity index (χ0n) is 14.3. The van der Waals surface area contributed by atoms with Crippen LogP contribution in [-0.4, -0.2) is 41.5 Å². The molecule has 2 aromatic heterocycles. The second-order valence-electron chi connectivity index (χ2n) is 6.25. The molecular formula is C17H23N5O2. The molecule has 1 aliphatic rings. The first-order valence-electron chi connectivity index (χ1n) is 8.18. The average molecular weight is 329 g/mol. The predicted molar refractivity (Wildman–Crippen MR) is 92.1 cm³/mol. The molecule has 1 fully saturated rings. The number of carbonyl (C=O) groups is 1. The minimum absolute atomic E-state index is 0.0191. The zero-order chi connectivity index (χ0) is 17.1. The molecule has 24 heavy (non-hydrogen) atoms. The number of furan rings is 1. The molecule has 7 heteroatoms. The van der Waals surface area contributed by atoms with Gasteiger partial charge in [0.2, 0.25) is 5.95 Å². The third-order valence-corrected chi connectivity index (χ3v) is 4.14. The molecule has 128 valence electrons. The fraction of sp³-hybridized carbons (Fsp3) is 0.471. The summed E-state index contributed by atoms with van der Waals surface area (Å²) in [6, 6.07) is 3.73. The minimum Gasteiger partial charge on any atom is -0.464 e. The van der Waals surface area contributed by atoms with Crippen LogP contribution in [0.5, 0.6) is 0 Å². The summed E-state index contributed by atoms with van der Waals surface area (Å²) >= 11 is 0. The third kappa shape index (κ3) is 3.50. The van der Waals surface area contributed by atoms with Gasteiger partial charge < -0.3 is 19.5 Å². The molecule has 1 saturated heterocycles. The molecule has 1 N–H and O–H groups in total. The summed E-state index contributed by atoms with van der Waals surface area (Å²) in [4.78, 5) is 24.8. The van der Waals surface area contributed by atoms with Crippen LogP contribution in [0, 0.1) is 6.92 Å². The van der Waals surface area contributed by atoms with E-state index in [9.17, 15) is 4.79 Å². The number of amides is 2. The van der Waals surface area contributed by atoms with Gasteiger partial charge in [0.1, 0.15) is 11.5 Å². The summed E-state index contributed by atoms with van der Waals surface area (Å²) in [6.07, 6.45) is 6.25. The molecule has 2 amide bonds. The maximum atomic E-state index is 12.7. The van der Waals surface area contributed by atoms with Crippen molar-refractivity contribution in [1.82, 2.24) is 14.9 Å². The first-order valence-corrected chi connectivity index (χ1v) is 8.18. The molecule has 3 heterocycles. The number of aromatic nitrogens is 2. The average Bonchev–Trinajstić information content (AvgIpc) is 3.01. The van der Waals surface area contributed by atoms with Crippen LogP contribution in [0.1, 0.15) is 36.8 Å². The summed E-state index contributed by atoms with van der Waals surface area (Å²) in [6.45, 7) is 2.63. The number of carbonyl (C=O) groups excluding carboxylic acids is 1. The van der Waals surface area contributed by atoms with E-state index in [2.05, 4.69) is 15.3 Å². The van der Waals surface area contributed by atoms with Crippen molar-refractivity contribution in [1.29, 1.82) is 0 Å². The van der Waals surface area contributed by atoms with E-state index >= 15 is 0 Å².